The first-order valence-electron chi connectivity index (χ1n) is 4.56. The summed E-state index contributed by atoms with van der Waals surface area (Å²) >= 11 is 0. The lowest BCUT2D eigenvalue weighted by atomic mass is 10.1. The maximum atomic E-state index is 13.4. The topological polar surface area (TPSA) is 38.5 Å². The molecule has 76 valence electrons. The molecule has 0 saturated heterocycles. The van der Waals surface area contributed by atoms with Gasteiger partial charge in [0.1, 0.15) is 5.82 Å². The normalized spacial score (nSPS) is 19.9. The Morgan fingerprint density at radius 2 is 2.43 bits per heavy atom. The summed E-state index contributed by atoms with van der Waals surface area (Å²) in [6.07, 6.45) is 0.662. The van der Waals surface area contributed by atoms with Gasteiger partial charge in [-0.1, -0.05) is 6.07 Å². The monoisotopic (exact) mass is 196 g/mol. The molecule has 1 aromatic rings. The molecule has 0 aliphatic carbocycles. The number of benzene rings is 1. The third kappa shape index (κ3) is 1.36. The predicted molar refractivity (Wildman–Crippen MR) is 52.4 cm³/mol. The Kier molecular flexibility index (Phi) is 2.39. The van der Waals surface area contributed by atoms with E-state index in [0.717, 1.165) is 11.3 Å². The molecule has 1 aromatic carbocycles. The molecule has 1 unspecified atom stereocenters. The molecule has 1 aliphatic rings. The van der Waals surface area contributed by atoms with Crippen molar-refractivity contribution >= 4 is 5.69 Å². The largest absolute Gasteiger partial charge is 0.369 e. The number of likely N-dealkylation sites (N-methyl/N-ethyl adjacent to an activating group) is 1. The van der Waals surface area contributed by atoms with Crippen LogP contribution < -0.4 is 10.8 Å². The molecular formula is C10H13FN2O. The van der Waals surface area contributed by atoms with Gasteiger partial charge in [-0.2, -0.15) is 0 Å². The predicted octanol–water partition coefficient (Wildman–Crippen LogP) is 1.08. The van der Waals surface area contributed by atoms with Crippen LogP contribution in [-0.2, 0) is 11.3 Å². The van der Waals surface area contributed by atoms with E-state index in [1.165, 1.54) is 6.07 Å². The van der Waals surface area contributed by atoms with Gasteiger partial charge in [0.25, 0.3) is 0 Å². The zero-order valence-electron chi connectivity index (χ0n) is 8.03. The number of hydrogen-bond donors (Lipinski definition) is 1. The van der Waals surface area contributed by atoms with Gasteiger partial charge >= 0.3 is 0 Å². The average Bonchev–Trinajstić information content (AvgIpc) is 2.48. The van der Waals surface area contributed by atoms with Crippen molar-refractivity contribution in [3.63, 3.8) is 0 Å². The van der Waals surface area contributed by atoms with Gasteiger partial charge in [-0.25, -0.2) is 10.3 Å². The number of nitrogens with zero attached hydrogens (tertiary/aromatic N) is 1. The maximum absolute atomic E-state index is 13.4. The highest BCUT2D eigenvalue weighted by Gasteiger charge is 2.28. The van der Waals surface area contributed by atoms with Crippen molar-refractivity contribution in [2.75, 3.05) is 18.6 Å². The van der Waals surface area contributed by atoms with Gasteiger partial charge in [-0.05, 0) is 18.6 Å². The first-order valence-corrected chi connectivity index (χ1v) is 4.56. The van der Waals surface area contributed by atoms with Crippen LogP contribution in [0.5, 0.6) is 0 Å². The van der Waals surface area contributed by atoms with Crippen molar-refractivity contribution in [3.05, 3.63) is 29.6 Å². The first-order chi connectivity index (χ1) is 6.74. The summed E-state index contributed by atoms with van der Waals surface area (Å²) in [6.45, 7) is 0.421. The summed E-state index contributed by atoms with van der Waals surface area (Å²) in [5, 5.41) is 0. The number of anilines is 1. The fourth-order valence-corrected chi connectivity index (χ4v) is 1.93. The first kappa shape index (κ1) is 9.43. The molecule has 1 atom stereocenters. The maximum Gasteiger partial charge on any atom is 0.128 e. The van der Waals surface area contributed by atoms with Gasteiger partial charge in [0, 0.05) is 18.3 Å². The van der Waals surface area contributed by atoms with Gasteiger partial charge in [0.15, 0.2) is 0 Å². The van der Waals surface area contributed by atoms with Crippen LogP contribution >= 0.6 is 0 Å². The molecule has 0 bridgehead atoms. The zero-order chi connectivity index (χ0) is 10.1. The van der Waals surface area contributed by atoms with E-state index < -0.39 is 0 Å². The highest BCUT2D eigenvalue weighted by molar-refractivity contribution is 5.59. The van der Waals surface area contributed by atoms with Crippen LogP contribution in [0.2, 0.25) is 0 Å². The van der Waals surface area contributed by atoms with Crippen LogP contribution in [0.4, 0.5) is 10.1 Å². The van der Waals surface area contributed by atoms with E-state index in [-0.39, 0.29) is 11.9 Å². The molecule has 0 saturated carbocycles. The minimum atomic E-state index is -0.145. The van der Waals surface area contributed by atoms with Gasteiger partial charge in [0.2, 0.25) is 0 Å². The third-order valence-electron chi connectivity index (χ3n) is 2.75. The van der Waals surface area contributed by atoms with E-state index in [9.17, 15) is 4.39 Å². The Bertz CT molecular complexity index is 343. The van der Waals surface area contributed by atoms with Crippen molar-refractivity contribution in [3.8, 4) is 0 Å². The SMILES string of the molecule is CN1c2cccc(F)c2CC1CON. The van der Waals surface area contributed by atoms with Crippen LogP contribution in [0.15, 0.2) is 18.2 Å². The Morgan fingerprint density at radius 1 is 1.64 bits per heavy atom. The molecule has 1 aliphatic heterocycles. The molecule has 0 fully saturated rings. The molecule has 2 rings (SSSR count). The van der Waals surface area contributed by atoms with Gasteiger partial charge in [-0.15, -0.1) is 0 Å². The standard InChI is InChI=1S/C10H13FN2O/c1-13-7(6-14-12)5-8-9(11)3-2-4-10(8)13/h2-4,7H,5-6,12H2,1H3. The lowest BCUT2D eigenvalue weighted by Gasteiger charge is -2.21. The summed E-state index contributed by atoms with van der Waals surface area (Å²) in [7, 11) is 1.93. The molecule has 0 aromatic heterocycles. The Labute approximate surface area is 82.2 Å². The molecule has 1 heterocycles. The second-order valence-electron chi connectivity index (χ2n) is 3.54. The molecule has 3 nitrogen and oxygen atoms in total. The Morgan fingerprint density at radius 3 is 3.07 bits per heavy atom. The van der Waals surface area contributed by atoms with Gasteiger partial charge in [0.05, 0.1) is 12.6 Å². The number of nitrogens with two attached hydrogens (primary N) is 1. The van der Waals surface area contributed by atoms with Crippen molar-refractivity contribution in [2.24, 2.45) is 5.90 Å². The van der Waals surface area contributed by atoms with Crippen LogP contribution in [0, 0.1) is 5.82 Å². The fourth-order valence-electron chi connectivity index (χ4n) is 1.93. The van der Waals surface area contributed by atoms with E-state index in [4.69, 9.17) is 5.90 Å². The third-order valence-corrected chi connectivity index (χ3v) is 2.75. The molecular weight excluding hydrogens is 183 g/mol. The molecule has 0 amide bonds. The van der Waals surface area contributed by atoms with Crippen molar-refractivity contribution in [1.29, 1.82) is 0 Å². The minimum absolute atomic E-state index is 0.145. The van der Waals surface area contributed by atoms with E-state index in [1.807, 2.05) is 18.0 Å². The Hall–Kier alpha value is -1.13. The van der Waals surface area contributed by atoms with E-state index in [2.05, 4.69) is 4.84 Å². The number of rotatable bonds is 2. The van der Waals surface area contributed by atoms with E-state index in [1.54, 1.807) is 6.07 Å². The van der Waals surface area contributed by atoms with Gasteiger partial charge in [-0.3, -0.25) is 0 Å². The summed E-state index contributed by atoms with van der Waals surface area (Å²) in [5.41, 5.74) is 1.70. The number of hydrogen-bond acceptors (Lipinski definition) is 3. The molecule has 4 heteroatoms. The highest BCUT2D eigenvalue weighted by Crippen LogP contribution is 2.32. The van der Waals surface area contributed by atoms with E-state index >= 15 is 0 Å². The minimum Gasteiger partial charge on any atom is -0.369 e. The van der Waals surface area contributed by atoms with E-state index in [0.29, 0.717) is 13.0 Å². The summed E-state index contributed by atoms with van der Waals surface area (Å²) < 4.78 is 13.4. The van der Waals surface area contributed by atoms with Crippen LogP contribution in [-0.4, -0.2) is 19.7 Å². The number of halogens is 1. The Balaban J connectivity index is 2.30. The average molecular weight is 196 g/mol. The quantitative estimate of drug-likeness (QED) is 0.719. The summed E-state index contributed by atoms with van der Waals surface area (Å²) in [5.74, 6) is 4.88. The lowest BCUT2D eigenvalue weighted by molar-refractivity contribution is 0.124. The molecule has 14 heavy (non-hydrogen) atoms. The zero-order valence-corrected chi connectivity index (χ0v) is 8.03. The summed E-state index contributed by atoms with van der Waals surface area (Å²) in [4.78, 5) is 6.61. The fraction of sp³-hybridized carbons (Fsp3) is 0.400. The van der Waals surface area contributed by atoms with Crippen molar-refractivity contribution in [1.82, 2.24) is 0 Å². The van der Waals surface area contributed by atoms with Crippen LogP contribution in [0.3, 0.4) is 0 Å². The smallest absolute Gasteiger partial charge is 0.128 e. The molecule has 2 N–H and O–H groups in total. The second kappa shape index (κ2) is 3.55. The summed E-state index contributed by atoms with van der Waals surface area (Å²) in [6, 6.07) is 5.26. The van der Waals surface area contributed by atoms with Crippen LogP contribution in [0.25, 0.3) is 0 Å². The number of fused-ring (bicyclic) bond motifs is 1. The van der Waals surface area contributed by atoms with Crippen LogP contribution in [0.1, 0.15) is 5.56 Å². The molecule has 0 radical (unpaired) electrons. The van der Waals surface area contributed by atoms with Crippen molar-refractivity contribution in [2.45, 2.75) is 12.5 Å². The molecule has 0 spiro atoms. The lowest BCUT2D eigenvalue weighted by Crippen LogP contribution is -2.33. The second-order valence-corrected chi connectivity index (χ2v) is 3.54. The van der Waals surface area contributed by atoms with Gasteiger partial charge < -0.3 is 9.74 Å². The highest BCUT2D eigenvalue weighted by atomic mass is 19.1. The van der Waals surface area contributed by atoms with Crippen molar-refractivity contribution < 1.29 is 9.23 Å².